The number of carbonyl (C=O) groups is 1. The highest BCUT2D eigenvalue weighted by atomic mass is 35.5. The highest BCUT2D eigenvalue weighted by molar-refractivity contribution is 6.29. The molecular weight excluding hydrogens is 430 g/mol. The van der Waals surface area contributed by atoms with Crippen LogP contribution < -0.4 is 5.32 Å². The molecule has 2 fully saturated rings. The van der Waals surface area contributed by atoms with Crippen molar-refractivity contribution < 1.29 is 4.79 Å². The molecule has 1 aromatic heterocycles. The minimum atomic E-state index is -0.152. The van der Waals surface area contributed by atoms with E-state index in [-0.39, 0.29) is 11.3 Å². The van der Waals surface area contributed by atoms with Gasteiger partial charge in [0, 0.05) is 36.8 Å². The number of rotatable bonds is 4. The molecule has 1 aromatic carbocycles. The number of benzene rings is 1. The van der Waals surface area contributed by atoms with Gasteiger partial charge in [-0.3, -0.25) is 4.79 Å². The molecule has 5 heteroatoms. The lowest BCUT2D eigenvalue weighted by atomic mass is 9.65. The molecule has 2 aromatic rings. The Bertz CT molecular complexity index is 994. The zero-order valence-corrected chi connectivity index (χ0v) is 20.7. The van der Waals surface area contributed by atoms with E-state index >= 15 is 0 Å². The molecule has 5 rings (SSSR count). The molecule has 4 nitrogen and oxygen atoms in total. The number of halogens is 1. The van der Waals surface area contributed by atoms with Crippen LogP contribution in [0.25, 0.3) is 0 Å². The summed E-state index contributed by atoms with van der Waals surface area (Å²) in [5, 5.41) is 4.15. The molecule has 0 radical (unpaired) electrons. The van der Waals surface area contributed by atoms with Gasteiger partial charge in [0.05, 0.1) is 5.92 Å². The average molecular weight is 466 g/mol. The molecule has 2 aliphatic heterocycles. The molecule has 0 bridgehead atoms. The van der Waals surface area contributed by atoms with E-state index in [1.165, 1.54) is 11.1 Å². The fourth-order valence-corrected chi connectivity index (χ4v) is 6.95. The summed E-state index contributed by atoms with van der Waals surface area (Å²) < 4.78 is 0. The number of hydrogen-bond acceptors (Lipinski definition) is 3. The van der Waals surface area contributed by atoms with Crippen LogP contribution in [-0.2, 0) is 16.6 Å². The second-order valence-electron chi connectivity index (χ2n) is 10.8. The monoisotopic (exact) mass is 465 g/mol. The maximum atomic E-state index is 14.2. The maximum Gasteiger partial charge on any atom is 0.228 e. The zero-order valence-electron chi connectivity index (χ0n) is 19.9. The quantitative estimate of drug-likeness (QED) is 0.619. The van der Waals surface area contributed by atoms with Crippen LogP contribution in [0.4, 0.5) is 0 Å². The van der Waals surface area contributed by atoms with Crippen LogP contribution in [0.15, 0.2) is 42.5 Å². The number of carbonyl (C=O) groups excluding carboxylic acids is 1. The number of hydrogen-bond donors (Lipinski definition) is 1. The predicted octanol–water partition coefficient (Wildman–Crippen LogP) is 5.35. The number of piperidine rings is 1. The molecule has 176 valence electrons. The lowest BCUT2D eigenvalue weighted by molar-refractivity contribution is -0.141. The molecule has 4 unspecified atom stereocenters. The van der Waals surface area contributed by atoms with Crippen molar-refractivity contribution in [2.24, 2.45) is 11.8 Å². The third-order valence-corrected chi connectivity index (χ3v) is 8.49. The summed E-state index contributed by atoms with van der Waals surface area (Å²) in [6.45, 7) is 7.03. The molecule has 33 heavy (non-hydrogen) atoms. The number of fused-ring (bicyclic) bond motifs is 2. The SMILES string of the molecule is CC(C)CC1CC(c2ccccc2)CCN1C(=O)C1CNCC12CCCc1nc(Cl)ccc12. The van der Waals surface area contributed by atoms with Crippen molar-refractivity contribution in [3.63, 3.8) is 0 Å². The molecule has 1 N–H and O–H groups in total. The minimum absolute atomic E-state index is 0.0255. The van der Waals surface area contributed by atoms with Crippen molar-refractivity contribution >= 4 is 17.5 Å². The summed E-state index contributed by atoms with van der Waals surface area (Å²) in [6, 6.07) is 15.2. The van der Waals surface area contributed by atoms with Crippen LogP contribution in [0.5, 0.6) is 0 Å². The Morgan fingerprint density at radius 2 is 2.06 bits per heavy atom. The lowest BCUT2D eigenvalue weighted by Crippen LogP contribution is -2.53. The number of amides is 1. The summed E-state index contributed by atoms with van der Waals surface area (Å²) in [6.07, 6.45) is 6.24. The molecular formula is C28H36ClN3O. The van der Waals surface area contributed by atoms with Crippen molar-refractivity contribution in [2.75, 3.05) is 19.6 Å². The zero-order chi connectivity index (χ0) is 23.0. The first-order chi connectivity index (χ1) is 16.0. The first-order valence-electron chi connectivity index (χ1n) is 12.7. The van der Waals surface area contributed by atoms with Crippen LogP contribution in [0.2, 0.25) is 5.15 Å². The van der Waals surface area contributed by atoms with E-state index in [1.54, 1.807) is 0 Å². The van der Waals surface area contributed by atoms with Gasteiger partial charge < -0.3 is 10.2 Å². The van der Waals surface area contributed by atoms with Gasteiger partial charge >= 0.3 is 0 Å². The Labute approximate surface area is 203 Å². The van der Waals surface area contributed by atoms with Gasteiger partial charge in [-0.15, -0.1) is 0 Å². The fraction of sp³-hybridized carbons (Fsp3) is 0.571. The van der Waals surface area contributed by atoms with E-state index in [1.807, 2.05) is 6.07 Å². The van der Waals surface area contributed by atoms with E-state index in [4.69, 9.17) is 11.6 Å². The van der Waals surface area contributed by atoms with Crippen LogP contribution >= 0.6 is 11.6 Å². The number of aryl methyl sites for hydroxylation is 1. The maximum absolute atomic E-state index is 14.2. The Hall–Kier alpha value is -1.91. The summed E-state index contributed by atoms with van der Waals surface area (Å²) in [7, 11) is 0. The van der Waals surface area contributed by atoms with Gasteiger partial charge in [-0.05, 0) is 67.6 Å². The second kappa shape index (κ2) is 9.38. The molecule has 4 atom stereocenters. The van der Waals surface area contributed by atoms with Crippen LogP contribution in [0.1, 0.15) is 68.7 Å². The second-order valence-corrected chi connectivity index (χ2v) is 11.2. The summed E-state index contributed by atoms with van der Waals surface area (Å²) in [5.41, 5.74) is 3.61. The average Bonchev–Trinajstić information content (AvgIpc) is 3.22. The van der Waals surface area contributed by atoms with Gasteiger partial charge in [0.25, 0.3) is 0 Å². The van der Waals surface area contributed by atoms with Crippen LogP contribution in [0.3, 0.4) is 0 Å². The normalized spacial score (nSPS) is 29.5. The first kappa shape index (κ1) is 22.9. The van der Waals surface area contributed by atoms with Crippen molar-refractivity contribution in [3.05, 3.63) is 64.4 Å². The van der Waals surface area contributed by atoms with Crippen molar-refractivity contribution in [1.29, 1.82) is 0 Å². The van der Waals surface area contributed by atoms with Crippen molar-refractivity contribution in [2.45, 2.75) is 69.7 Å². The third kappa shape index (κ3) is 4.33. The third-order valence-electron chi connectivity index (χ3n) is 8.28. The van der Waals surface area contributed by atoms with Crippen LogP contribution in [-0.4, -0.2) is 41.5 Å². The minimum Gasteiger partial charge on any atom is -0.339 e. The number of likely N-dealkylation sites (tertiary alicyclic amines) is 1. The number of nitrogens with one attached hydrogen (secondary N) is 1. The largest absolute Gasteiger partial charge is 0.339 e. The first-order valence-corrected chi connectivity index (χ1v) is 13.1. The van der Waals surface area contributed by atoms with Crippen molar-refractivity contribution in [1.82, 2.24) is 15.2 Å². The van der Waals surface area contributed by atoms with Crippen LogP contribution in [0, 0.1) is 11.8 Å². The fourth-order valence-electron chi connectivity index (χ4n) is 6.79. The molecule has 1 spiro atoms. The highest BCUT2D eigenvalue weighted by Gasteiger charge is 2.52. The molecule has 3 heterocycles. The Morgan fingerprint density at radius 3 is 2.85 bits per heavy atom. The molecule has 1 aliphatic carbocycles. The number of nitrogens with zero attached hydrogens (tertiary/aromatic N) is 2. The van der Waals surface area contributed by atoms with E-state index in [0.717, 1.165) is 63.9 Å². The highest BCUT2D eigenvalue weighted by Crippen LogP contribution is 2.46. The van der Waals surface area contributed by atoms with Gasteiger partial charge in [-0.25, -0.2) is 4.98 Å². The number of pyridine rings is 1. The van der Waals surface area contributed by atoms with Gasteiger partial charge in [0.2, 0.25) is 5.91 Å². The van der Waals surface area contributed by atoms with E-state index < -0.39 is 0 Å². The number of aromatic nitrogens is 1. The van der Waals surface area contributed by atoms with Gasteiger partial charge in [-0.2, -0.15) is 0 Å². The summed E-state index contributed by atoms with van der Waals surface area (Å²) in [5.74, 6) is 1.43. The predicted molar refractivity (Wildman–Crippen MR) is 134 cm³/mol. The molecule has 1 amide bonds. The smallest absolute Gasteiger partial charge is 0.228 e. The Kier molecular flexibility index (Phi) is 6.50. The molecule has 2 saturated heterocycles. The summed E-state index contributed by atoms with van der Waals surface area (Å²) >= 11 is 6.22. The topological polar surface area (TPSA) is 45.2 Å². The Balaban J connectivity index is 1.42. The van der Waals surface area contributed by atoms with Gasteiger partial charge in [0.1, 0.15) is 5.15 Å². The van der Waals surface area contributed by atoms with E-state index in [2.05, 4.69) is 65.4 Å². The molecule has 0 saturated carbocycles. The van der Waals surface area contributed by atoms with Gasteiger partial charge in [-0.1, -0.05) is 61.8 Å². The summed E-state index contributed by atoms with van der Waals surface area (Å²) in [4.78, 5) is 21.1. The van der Waals surface area contributed by atoms with Crippen molar-refractivity contribution in [3.8, 4) is 0 Å². The van der Waals surface area contributed by atoms with E-state index in [0.29, 0.717) is 28.9 Å². The standard InChI is InChI=1S/C28H36ClN3O/c1-19(2)15-22-16-21(20-7-4-3-5-8-20)12-14-32(22)27(33)24-17-30-18-28(24)13-6-9-25-23(28)10-11-26(29)31-25/h3-5,7-8,10-11,19,21-22,24,30H,6,9,12-18H2,1-2H3. The molecule has 3 aliphatic rings. The Morgan fingerprint density at radius 1 is 1.24 bits per heavy atom. The lowest BCUT2D eigenvalue weighted by Gasteiger charge is -2.45. The van der Waals surface area contributed by atoms with E-state index in [9.17, 15) is 4.79 Å². The van der Waals surface area contributed by atoms with Gasteiger partial charge in [0.15, 0.2) is 0 Å².